The molecular formula is C17H17N3O2. The Morgan fingerprint density at radius 1 is 1.41 bits per heavy atom. The molecule has 0 bridgehead atoms. The molecule has 0 saturated carbocycles. The van der Waals surface area contributed by atoms with Crippen LogP contribution in [0.4, 0.5) is 5.69 Å². The minimum absolute atomic E-state index is 0.188. The monoisotopic (exact) mass is 295 g/mol. The van der Waals surface area contributed by atoms with Crippen molar-refractivity contribution < 1.29 is 9.53 Å². The smallest absolute Gasteiger partial charge is 0.328 e. The van der Waals surface area contributed by atoms with E-state index in [0.717, 1.165) is 42.3 Å². The normalized spacial score (nSPS) is 18.0. The minimum atomic E-state index is -0.228. The van der Waals surface area contributed by atoms with E-state index in [0.29, 0.717) is 5.69 Å². The highest BCUT2D eigenvalue weighted by Gasteiger charge is 2.29. The van der Waals surface area contributed by atoms with Crippen LogP contribution in [0.1, 0.15) is 25.0 Å². The standard InChI is InChI=1S/C17H17N3O2/c1-22-17(21)16-4-2-3-9-20(16)13-5-6-14-12(10-13)7-8-19-15(14)11-18/h5-8,10,16H,2-4,9H2,1H3. The zero-order valence-electron chi connectivity index (χ0n) is 12.5. The topological polar surface area (TPSA) is 66.2 Å². The summed E-state index contributed by atoms with van der Waals surface area (Å²) in [5, 5.41) is 10.9. The van der Waals surface area contributed by atoms with Gasteiger partial charge in [0.15, 0.2) is 0 Å². The average Bonchev–Trinajstić information content (AvgIpc) is 2.60. The first-order valence-electron chi connectivity index (χ1n) is 7.38. The third-order valence-electron chi connectivity index (χ3n) is 4.16. The molecule has 0 aliphatic carbocycles. The first-order valence-corrected chi connectivity index (χ1v) is 7.38. The van der Waals surface area contributed by atoms with Gasteiger partial charge in [-0.3, -0.25) is 0 Å². The highest BCUT2D eigenvalue weighted by Crippen LogP contribution is 2.29. The summed E-state index contributed by atoms with van der Waals surface area (Å²) in [5.41, 5.74) is 1.41. The lowest BCUT2D eigenvalue weighted by Gasteiger charge is -2.35. The molecule has 0 amide bonds. The highest BCUT2D eigenvalue weighted by molar-refractivity contribution is 5.90. The highest BCUT2D eigenvalue weighted by atomic mass is 16.5. The van der Waals surface area contributed by atoms with E-state index >= 15 is 0 Å². The second-order valence-corrected chi connectivity index (χ2v) is 5.40. The Bertz CT molecular complexity index is 751. The summed E-state index contributed by atoms with van der Waals surface area (Å²) >= 11 is 0. The van der Waals surface area contributed by atoms with Crippen molar-refractivity contribution in [1.82, 2.24) is 4.98 Å². The maximum absolute atomic E-state index is 12.0. The fourth-order valence-electron chi connectivity index (χ4n) is 3.05. The number of benzene rings is 1. The minimum Gasteiger partial charge on any atom is -0.467 e. The average molecular weight is 295 g/mol. The number of anilines is 1. The maximum Gasteiger partial charge on any atom is 0.328 e. The van der Waals surface area contributed by atoms with E-state index in [1.54, 1.807) is 6.20 Å². The van der Waals surface area contributed by atoms with Gasteiger partial charge in [-0.1, -0.05) is 0 Å². The molecule has 1 saturated heterocycles. The van der Waals surface area contributed by atoms with Crippen LogP contribution in [0.25, 0.3) is 10.8 Å². The first kappa shape index (κ1) is 14.3. The van der Waals surface area contributed by atoms with Crippen molar-refractivity contribution >= 4 is 22.4 Å². The van der Waals surface area contributed by atoms with Gasteiger partial charge in [0, 0.05) is 23.8 Å². The molecule has 3 rings (SSSR count). The fraction of sp³-hybridized carbons (Fsp3) is 0.353. The number of esters is 1. The van der Waals surface area contributed by atoms with Gasteiger partial charge in [-0.2, -0.15) is 5.26 Å². The van der Waals surface area contributed by atoms with Crippen molar-refractivity contribution in [2.24, 2.45) is 0 Å². The second-order valence-electron chi connectivity index (χ2n) is 5.40. The Morgan fingerprint density at radius 2 is 2.27 bits per heavy atom. The molecule has 1 aliphatic rings. The van der Waals surface area contributed by atoms with E-state index in [4.69, 9.17) is 10.00 Å². The number of hydrogen-bond acceptors (Lipinski definition) is 5. The van der Waals surface area contributed by atoms with Crippen LogP contribution in [0.5, 0.6) is 0 Å². The Hall–Kier alpha value is -2.61. The molecule has 5 heteroatoms. The van der Waals surface area contributed by atoms with Crippen molar-refractivity contribution in [2.75, 3.05) is 18.6 Å². The zero-order chi connectivity index (χ0) is 15.5. The Kier molecular flexibility index (Phi) is 3.92. The number of nitriles is 1. The molecule has 1 atom stereocenters. The summed E-state index contributed by atoms with van der Waals surface area (Å²) in [6.07, 6.45) is 4.54. The summed E-state index contributed by atoms with van der Waals surface area (Å²) in [4.78, 5) is 18.2. The van der Waals surface area contributed by atoms with Gasteiger partial charge in [-0.05, 0) is 48.9 Å². The van der Waals surface area contributed by atoms with E-state index in [1.165, 1.54) is 7.11 Å². The van der Waals surface area contributed by atoms with E-state index < -0.39 is 0 Å². The first-order chi connectivity index (χ1) is 10.7. The lowest BCUT2D eigenvalue weighted by atomic mass is 10.00. The lowest BCUT2D eigenvalue weighted by molar-refractivity contribution is -0.142. The number of pyridine rings is 1. The Balaban J connectivity index is 2.02. The molecule has 2 heterocycles. The Labute approximate surface area is 129 Å². The van der Waals surface area contributed by atoms with Crippen LogP contribution >= 0.6 is 0 Å². The third-order valence-corrected chi connectivity index (χ3v) is 4.16. The quantitative estimate of drug-likeness (QED) is 0.797. The number of fused-ring (bicyclic) bond motifs is 1. The van der Waals surface area contributed by atoms with Crippen LogP contribution in [0.15, 0.2) is 30.5 Å². The SMILES string of the molecule is COC(=O)C1CCCCN1c1ccc2c(C#N)nccc2c1. The van der Waals surface area contributed by atoms with Gasteiger partial charge in [-0.25, -0.2) is 9.78 Å². The molecule has 1 aliphatic heterocycles. The van der Waals surface area contributed by atoms with Crippen molar-refractivity contribution in [1.29, 1.82) is 5.26 Å². The second kappa shape index (κ2) is 6.02. The molecule has 0 N–H and O–H groups in total. The Morgan fingerprint density at radius 3 is 3.05 bits per heavy atom. The van der Waals surface area contributed by atoms with Gasteiger partial charge in [0.05, 0.1) is 7.11 Å². The van der Waals surface area contributed by atoms with E-state index in [-0.39, 0.29) is 12.0 Å². The van der Waals surface area contributed by atoms with Gasteiger partial charge >= 0.3 is 5.97 Å². The van der Waals surface area contributed by atoms with Crippen LogP contribution in [-0.2, 0) is 9.53 Å². The van der Waals surface area contributed by atoms with Crippen LogP contribution < -0.4 is 4.90 Å². The van der Waals surface area contributed by atoms with Crippen molar-refractivity contribution in [3.63, 3.8) is 0 Å². The van der Waals surface area contributed by atoms with Crippen molar-refractivity contribution in [3.8, 4) is 6.07 Å². The molecule has 1 unspecified atom stereocenters. The van der Waals surface area contributed by atoms with Gasteiger partial charge in [0.1, 0.15) is 17.8 Å². The molecular weight excluding hydrogens is 278 g/mol. The number of hydrogen-bond donors (Lipinski definition) is 0. The van der Waals surface area contributed by atoms with Crippen molar-refractivity contribution in [2.45, 2.75) is 25.3 Å². The molecule has 1 aromatic carbocycles. The third kappa shape index (κ3) is 2.48. The molecule has 5 nitrogen and oxygen atoms in total. The van der Waals surface area contributed by atoms with Crippen LogP contribution in [0.2, 0.25) is 0 Å². The number of piperidine rings is 1. The number of nitrogens with zero attached hydrogens (tertiary/aromatic N) is 3. The number of carbonyl (C=O) groups is 1. The maximum atomic E-state index is 12.0. The number of methoxy groups -OCH3 is 1. The number of ether oxygens (including phenoxy) is 1. The molecule has 0 radical (unpaired) electrons. The van der Waals surface area contributed by atoms with Gasteiger partial charge in [0.25, 0.3) is 0 Å². The molecule has 22 heavy (non-hydrogen) atoms. The largest absolute Gasteiger partial charge is 0.467 e. The fourth-order valence-corrected chi connectivity index (χ4v) is 3.05. The summed E-state index contributed by atoms with van der Waals surface area (Å²) < 4.78 is 4.93. The van der Waals surface area contributed by atoms with Crippen LogP contribution in [0, 0.1) is 11.3 Å². The number of aromatic nitrogens is 1. The van der Waals surface area contributed by atoms with E-state index in [9.17, 15) is 4.79 Å². The zero-order valence-corrected chi connectivity index (χ0v) is 12.5. The predicted octanol–water partition coefficient (Wildman–Crippen LogP) is 2.64. The summed E-state index contributed by atoms with van der Waals surface area (Å²) in [6.45, 7) is 0.835. The molecule has 0 spiro atoms. The van der Waals surface area contributed by atoms with Gasteiger partial charge in [-0.15, -0.1) is 0 Å². The van der Waals surface area contributed by atoms with Crippen LogP contribution in [-0.4, -0.2) is 30.6 Å². The molecule has 2 aromatic rings. The molecule has 1 fully saturated rings. The lowest BCUT2D eigenvalue weighted by Crippen LogP contribution is -2.45. The molecule has 112 valence electrons. The molecule has 1 aromatic heterocycles. The van der Waals surface area contributed by atoms with Gasteiger partial charge < -0.3 is 9.64 Å². The van der Waals surface area contributed by atoms with Crippen LogP contribution in [0.3, 0.4) is 0 Å². The summed E-state index contributed by atoms with van der Waals surface area (Å²) in [5.74, 6) is -0.188. The van der Waals surface area contributed by atoms with E-state index in [1.807, 2.05) is 24.3 Å². The predicted molar refractivity (Wildman–Crippen MR) is 83.5 cm³/mol. The number of rotatable bonds is 2. The van der Waals surface area contributed by atoms with E-state index in [2.05, 4.69) is 16.0 Å². The van der Waals surface area contributed by atoms with Gasteiger partial charge in [0.2, 0.25) is 0 Å². The number of carbonyl (C=O) groups excluding carboxylic acids is 1. The summed E-state index contributed by atoms with van der Waals surface area (Å²) in [7, 11) is 1.43. The van der Waals surface area contributed by atoms with Crippen molar-refractivity contribution in [3.05, 3.63) is 36.2 Å². The summed E-state index contributed by atoms with van der Waals surface area (Å²) in [6, 6.07) is 9.63.